The Balaban J connectivity index is -0.00000112. The molecular weight excluding hydrogens is 271 g/mol. The molecule has 0 radical (unpaired) electrons. The van der Waals surface area contributed by atoms with E-state index < -0.39 is 42.1 Å². The average molecular weight is 279 g/mol. The van der Waals surface area contributed by atoms with Gasteiger partial charge >= 0.3 is 53.4 Å². The van der Waals surface area contributed by atoms with Crippen molar-refractivity contribution in [3.63, 3.8) is 0 Å². The van der Waals surface area contributed by atoms with Gasteiger partial charge < -0.3 is 21.0 Å². The van der Waals surface area contributed by atoms with Crippen LogP contribution in [0.15, 0.2) is 0 Å². The molecule has 0 amide bonds. The van der Waals surface area contributed by atoms with Gasteiger partial charge in [0.25, 0.3) is 0 Å². The summed E-state index contributed by atoms with van der Waals surface area (Å²) in [5, 5.41) is 25.6. The van der Waals surface area contributed by atoms with E-state index in [1.54, 1.807) is 0 Å². The zero-order chi connectivity index (χ0) is 12.9. The second-order valence-corrected chi connectivity index (χ2v) is 2.91. The van der Waals surface area contributed by atoms with E-state index in [0.717, 1.165) is 0 Å². The summed E-state index contributed by atoms with van der Waals surface area (Å²) >= 11 is 4.63. The summed E-state index contributed by atoms with van der Waals surface area (Å²) in [6, 6.07) is 0. The average Bonchev–Trinajstić information content (AvgIpc) is 2.14. The van der Waals surface area contributed by atoms with Crippen molar-refractivity contribution in [1.82, 2.24) is 0 Å². The minimum atomic E-state index is -2.24. The molecular formula is C7H8ClNaO8. The molecule has 0 spiro atoms. The van der Waals surface area contributed by atoms with Crippen molar-refractivity contribution >= 4 is 35.7 Å². The van der Waals surface area contributed by atoms with Gasteiger partial charge in [0.05, 0.1) is 12.3 Å². The standard InChI is InChI=1S/C7H7ClO8.Na.H/c8-16-3(9)1-2(5(10)11)4(6(12)13)7(14)15;;/h2,4H,1H2,(H,10,11)(H,12,13)(H,14,15);;/q;+1;-1. The summed E-state index contributed by atoms with van der Waals surface area (Å²) in [4.78, 5) is 42.4. The van der Waals surface area contributed by atoms with E-state index in [9.17, 15) is 19.2 Å². The maximum absolute atomic E-state index is 10.7. The number of rotatable bonds is 6. The Bertz CT molecular complexity index is 321. The Kier molecular flexibility index (Phi) is 9.04. The summed E-state index contributed by atoms with van der Waals surface area (Å²) in [6.07, 6.45) is -0.942. The molecule has 0 aromatic rings. The van der Waals surface area contributed by atoms with Gasteiger partial charge in [-0.2, -0.15) is 0 Å². The third-order valence-corrected chi connectivity index (χ3v) is 1.90. The molecule has 0 bridgehead atoms. The normalized spacial score (nSPS) is 11.2. The molecule has 1 unspecified atom stereocenters. The second-order valence-electron chi connectivity index (χ2n) is 2.75. The minimum Gasteiger partial charge on any atom is -1.00 e. The van der Waals surface area contributed by atoms with Crippen LogP contribution in [0.2, 0.25) is 0 Å². The first kappa shape index (κ1) is 18.5. The van der Waals surface area contributed by atoms with Crippen LogP contribution >= 0.6 is 11.9 Å². The zero-order valence-electron chi connectivity index (χ0n) is 9.62. The van der Waals surface area contributed by atoms with E-state index in [2.05, 4.69) is 16.2 Å². The number of carbonyl (C=O) groups is 4. The summed E-state index contributed by atoms with van der Waals surface area (Å²) in [5.41, 5.74) is 0. The molecule has 0 aromatic heterocycles. The van der Waals surface area contributed by atoms with Crippen molar-refractivity contribution < 1.29 is 69.8 Å². The molecule has 0 fully saturated rings. The van der Waals surface area contributed by atoms with Crippen LogP contribution in [-0.2, 0) is 23.5 Å². The molecule has 0 saturated heterocycles. The van der Waals surface area contributed by atoms with Gasteiger partial charge in [-0.3, -0.25) is 19.2 Å². The molecule has 0 aliphatic heterocycles. The third-order valence-electron chi connectivity index (χ3n) is 1.72. The van der Waals surface area contributed by atoms with E-state index in [-0.39, 0.29) is 31.0 Å². The monoisotopic (exact) mass is 278 g/mol. The van der Waals surface area contributed by atoms with Crippen molar-refractivity contribution in [2.24, 2.45) is 11.8 Å². The van der Waals surface area contributed by atoms with Gasteiger partial charge in [-0.25, -0.2) is 0 Å². The number of halogens is 1. The van der Waals surface area contributed by atoms with Crippen LogP contribution < -0.4 is 29.6 Å². The first-order chi connectivity index (χ1) is 7.31. The molecule has 0 aliphatic carbocycles. The Hall–Kier alpha value is -0.830. The van der Waals surface area contributed by atoms with Crippen LogP contribution in [0, 0.1) is 11.8 Å². The molecule has 1 atom stereocenters. The molecule has 92 valence electrons. The van der Waals surface area contributed by atoms with Crippen molar-refractivity contribution in [1.29, 1.82) is 0 Å². The van der Waals surface area contributed by atoms with Crippen LogP contribution in [0.4, 0.5) is 0 Å². The molecule has 0 rings (SSSR count). The van der Waals surface area contributed by atoms with E-state index >= 15 is 0 Å². The fourth-order valence-electron chi connectivity index (χ4n) is 1.01. The third kappa shape index (κ3) is 5.87. The topological polar surface area (TPSA) is 138 Å². The molecule has 0 aliphatic rings. The SMILES string of the molecule is O=C(CC(C(=O)O)C(C(=O)O)C(=O)O)OCl.[H-].[Na+]. The van der Waals surface area contributed by atoms with Gasteiger partial charge in [0.1, 0.15) is 11.9 Å². The minimum absolute atomic E-state index is 0. The fraction of sp³-hybridized carbons (Fsp3) is 0.429. The van der Waals surface area contributed by atoms with Crippen LogP contribution in [0.25, 0.3) is 0 Å². The smallest absolute Gasteiger partial charge is 1.00 e. The molecule has 0 heterocycles. The first-order valence-electron chi connectivity index (χ1n) is 3.81. The summed E-state index contributed by atoms with van der Waals surface area (Å²) < 4.78 is 3.62. The van der Waals surface area contributed by atoms with Crippen molar-refractivity contribution in [2.45, 2.75) is 6.42 Å². The van der Waals surface area contributed by atoms with Gasteiger partial charge in [-0.15, -0.1) is 0 Å². The number of hydrogen-bond acceptors (Lipinski definition) is 5. The van der Waals surface area contributed by atoms with Gasteiger partial charge in [0.2, 0.25) is 0 Å². The summed E-state index contributed by atoms with van der Waals surface area (Å²) in [5.74, 6) is -10.9. The van der Waals surface area contributed by atoms with E-state index in [1.807, 2.05) is 0 Å². The molecule has 17 heavy (non-hydrogen) atoms. The maximum Gasteiger partial charge on any atom is 1.00 e. The first-order valence-corrected chi connectivity index (χ1v) is 4.12. The van der Waals surface area contributed by atoms with E-state index in [4.69, 9.17) is 15.3 Å². The van der Waals surface area contributed by atoms with Crippen molar-refractivity contribution in [3.05, 3.63) is 0 Å². The molecule has 3 N–H and O–H groups in total. The molecule has 10 heteroatoms. The Morgan fingerprint density at radius 2 is 1.47 bits per heavy atom. The number of carbonyl (C=O) groups excluding carboxylic acids is 1. The largest absolute Gasteiger partial charge is 1.00 e. The second kappa shape index (κ2) is 8.29. The maximum atomic E-state index is 10.7. The fourth-order valence-corrected chi connectivity index (χ4v) is 1.07. The van der Waals surface area contributed by atoms with Crippen LogP contribution in [-0.4, -0.2) is 39.2 Å². The van der Waals surface area contributed by atoms with Crippen LogP contribution in [0.3, 0.4) is 0 Å². The predicted octanol–water partition coefficient (Wildman–Crippen LogP) is -3.32. The molecule has 0 saturated carbocycles. The number of hydrogen-bond donors (Lipinski definition) is 3. The summed E-state index contributed by atoms with van der Waals surface area (Å²) in [6.45, 7) is 0. The van der Waals surface area contributed by atoms with Gasteiger partial charge in [0, 0.05) is 0 Å². The van der Waals surface area contributed by atoms with E-state index in [1.165, 1.54) is 0 Å². The van der Waals surface area contributed by atoms with Crippen LogP contribution in [0.5, 0.6) is 0 Å². The molecule has 0 aromatic carbocycles. The van der Waals surface area contributed by atoms with Gasteiger partial charge in [-0.1, -0.05) is 0 Å². The number of aliphatic carboxylic acids is 3. The Morgan fingerprint density at radius 3 is 1.71 bits per heavy atom. The number of carboxylic acids is 3. The molecule has 8 nitrogen and oxygen atoms in total. The number of carboxylic acid groups (broad SMARTS) is 3. The van der Waals surface area contributed by atoms with Gasteiger partial charge in [0.15, 0.2) is 5.92 Å². The van der Waals surface area contributed by atoms with Gasteiger partial charge in [-0.05, 0) is 0 Å². The van der Waals surface area contributed by atoms with Crippen molar-refractivity contribution in [2.75, 3.05) is 0 Å². The predicted molar refractivity (Wildman–Crippen MR) is 47.6 cm³/mol. The van der Waals surface area contributed by atoms with Crippen LogP contribution in [0.1, 0.15) is 7.85 Å². The quantitative estimate of drug-likeness (QED) is 0.339. The van der Waals surface area contributed by atoms with Crippen molar-refractivity contribution in [3.8, 4) is 0 Å². The van der Waals surface area contributed by atoms with E-state index in [0.29, 0.717) is 0 Å². The zero-order valence-corrected chi connectivity index (χ0v) is 11.4. The Labute approximate surface area is 123 Å². The summed E-state index contributed by atoms with van der Waals surface area (Å²) in [7, 11) is 0. The Morgan fingerprint density at radius 1 is 1.06 bits per heavy atom.